The van der Waals surface area contributed by atoms with Gasteiger partial charge in [-0.25, -0.2) is 4.98 Å². The van der Waals surface area contributed by atoms with E-state index in [1.807, 2.05) is 4.90 Å². The highest BCUT2D eigenvalue weighted by molar-refractivity contribution is 7.18. The van der Waals surface area contributed by atoms with Crippen LogP contribution < -0.4 is 11.1 Å². The number of carbonyl (C=O) groups excluding carboxylic acids is 1. The summed E-state index contributed by atoms with van der Waals surface area (Å²) in [5, 5.41) is 4.15. The second kappa shape index (κ2) is 5.60. The molecule has 5 nitrogen and oxygen atoms in total. The van der Waals surface area contributed by atoms with Crippen molar-refractivity contribution in [2.45, 2.75) is 45.1 Å². The second-order valence-electron chi connectivity index (χ2n) is 5.98. The minimum Gasteiger partial charge on any atom is -0.382 e. The van der Waals surface area contributed by atoms with Gasteiger partial charge in [-0.3, -0.25) is 4.79 Å². The van der Waals surface area contributed by atoms with Crippen LogP contribution in [0.5, 0.6) is 0 Å². The minimum atomic E-state index is 0.0496. The summed E-state index contributed by atoms with van der Waals surface area (Å²) in [6.45, 7) is 3.91. The highest BCUT2D eigenvalue weighted by Gasteiger charge is 2.26. The molecule has 0 unspecified atom stereocenters. The van der Waals surface area contributed by atoms with Gasteiger partial charge in [0, 0.05) is 19.1 Å². The van der Waals surface area contributed by atoms with Gasteiger partial charge in [-0.2, -0.15) is 0 Å². The van der Waals surface area contributed by atoms with Crippen LogP contribution in [0.3, 0.4) is 0 Å². The van der Waals surface area contributed by atoms with Crippen LogP contribution in [0, 0.1) is 5.92 Å². The summed E-state index contributed by atoms with van der Waals surface area (Å²) in [5.74, 6) is 1.14. The third kappa shape index (κ3) is 2.75. The van der Waals surface area contributed by atoms with Crippen molar-refractivity contribution in [2.24, 2.45) is 5.92 Å². The average Bonchev–Trinajstić information content (AvgIpc) is 2.75. The van der Waals surface area contributed by atoms with Crippen molar-refractivity contribution in [2.75, 3.05) is 24.1 Å². The molecule has 3 rings (SSSR count). The van der Waals surface area contributed by atoms with E-state index in [4.69, 9.17) is 5.73 Å². The van der Waals surface area contributed by atoms with E-state index in [0.717, 1.165) is 31.1 Å². The molecule has 2 fully saturated rings. The van der Waals surface area contributed by atoms with Crippen molar-refractivity contribution < 1.29 is 4.79 Å². The lowest BCUT2D eigenvalue weighted by molar-refractivity contribution is 0.0703. The summed E-state index contributed by atoms with van der Waals surface area (Å²) >= 11 is 1.40. The van der Waals surface area contributed by atoms with Gasteiger partial charge in [0.05, 0.1) is 0 Å². The Bertz CT molecular complexity index is 489. The number of hydrogen-bond acceptors (Lipinski definition) is 5. The number of carbonyl (C=O) groups is 1. The first-order valence-electron chi connectivity index (χ1n) is 7.45. The summed E-state index contributed by atoms with van der Waals surface area (Å²) < 4.78 is 0. The van der Waals surface area contributed by atoms with Crippen LogP contribution in [0.2, 0.25) is 0 Å². The quantitative estimate of drug-likeness (QED) is 0.898. The molecule has 1 aliphatic carbocycles. The summed E-state index contributed by atoms with van der Waals surface area (Å²) in [5.41, 5.74) is 5.92. The lowest BCUT2D eigenvalue weighted by atomic mass is 9.93. The molecule has 1 amide bonds. The number of nitrogen functional groups attached to an aromatic ring is 1. The topological polar surface area (TPSA) is 71.2 Å². The number of likely N-dealkylation sites (tertiary alicyclic amines) is 1. The Morgan fingerprint density at radius 1 is 1.35 bits per heavy atom. The molecule has 1 aromatic rings. The molecule has 3 N–H and O–H groups in total. The van der Waals surface area contributed by atoms with E-state index >= 15 is 0 Å². The van der Waals surface area contributed by atoms with Crippen LogP contribution in [-0.2, 0) is 0 Å². The lowest BCUT2D eigenvalue weighted by Crippen LogP contribution is -2.37. The molecule has 6 heteroatoms. The SMILES string of the molecule is CC1CCN(C(=O)c2sc(NC3CCC3)nc2N)CC1. The van der Waals surface area contributed by atoms with Gasteiger partial charge in [0.25, 0.3) is 5.91 Å². The van der Waals surface area contributed by atoms with E-state index in [1.54, 1.807) is 0 Å². The van der Waals surface area contributed by atoms with Crippen molar-refractivity contribution in [3.63, 3.8) is 0 Å². The molecule has 0 atom stereocenters. The number of nitrogens with zero attached hydrogens (tertiary/aromatic N) is 2. The van der Waals surface area contributed by atoms with Crippen LogP contribution in [0.15, 0.2) is 0 Å². The number of rotatable bonds is 3. The number of thiazole rings is 1. The number of piperidine rings is 1. The van der Waals surface area contributed by atoms with Crippen molar-refractivity contribution in [1.29, 1.82) is 0 Å². The van der Waals surface area contributed by atoms with Crippen LogP contribution >= 0.6 is 11.3 Å². The predicted molar refractivity (Wildman–Crippen MR) is 82.1 cm³/mol. The Morgan fingerprint density at radius 2 is 2.05 bits per heavy atom. The average molecular weight is 294 g/mol. The molecular formula is C14H22N4OS. The molecule has 2 aliphatic rings. The van der Waals surface area contributed by atoms with Crippen molar-refractivity contribution in [1.82, 2.24) is 9.88 Å². The first-order valence-corrected chi connectivity index (χ1v) is 8.27. The third-order valence-corrected chi connectivity index (χ3v) is 5.34. The number of hydrogen-bond donors (Lipinski definition) is 2. The molecular weight excluding hydrogens is 272 g/mol. The largest absolute Gasteiger partial charge is 0.382 e. The molecule has 20 heavy (non-hydrogen) atoms. The second-order valence-corrected chi connectivity index (χ2v) is 6.98. The molecule has 1 aliphatic heterocycles. The van der Waals surface area contributed by atoms with E-state index in [2.05, 4.69) is 17.2 Å². The van der Waals surface area contributed by atoms with Gasteiger partial charge in [-0.15, -0.1) is 0 Å². The first kappa shape index (κ1) is 13.7. The van der Waals surface area contributed by atoms with Gasteiger partial charge in [0.1, 0.15) is 10.7 Å². The highest BCUT2D eigenvalue weighted by atomic mass is 32.1. The number of nitrogens with two attached hydrogens (primary N) is 1. The highest BCUT2D eigenvalue weighted by Crippen LogP contribution is 2.31. The van der Waals surface area contributed by atoms with E-state index in [-0.39, 0.29) is 5.91 Å². The molecule has 0 aromatic carbocycles. The van der Waals surface area contributed by atoms with Gasteiger partial charge < -0.3 is 16.0 Å². The molecule has 1 saturated carbocycles. The maximum absolute atomic E-state index is 12.5. The molecule has 110 valence electrons. The fourth-order valence-electron chi connectivity index (χ4n) is 2.63. The van der Waals surface area contributed by atoms with E-state index in [1.165, 1.54) is 30.6 Å². The van der Waals surface area contributed by atoms with E-state index in [9.17, 15) is 4.79 Å². The molecule has 0 spiro atoms. The zero-order valence-corrected chi connectivity index (χ0v) is 12.7. The van der Waals surface area contributed by atoms with Crippen LogP contribution in [0.4, 0.5) is 10.9 Å². The maximum Gasteiger partial charge on any atom is 0.267 e. The van der Waals surface area contributed by atoms with Gasteiger partial charge in [0.2, 0.25) is 0 Å². The summed E-state index contributed by atoms with van der Waals surface area (Å²) in [6, 6.07) is 0.513. The molecule has 1 aromatic heterocycles. The Kier molecular flexibility index (Phi) is 3.83. The summed E-state index contributed by atoms with van der Waals surface area (Å²) in [4.78, 5) is 19.3. The summed E-state index contributed by atoms with van der Waals surface area (Å²) in [7, 11) is 0. The maximum atomic E-state index is 12.5. The monoisotopic (exact) mass is 294 g/mol. The predicted octanol–water partition coefficient (Wildman–Crippen LogP) is 2.56. The van der Waals surface area contributed by atoms with Crippen molar-refractivity contribution in [3.05, 3.63) is 4.88 Å². The van der Waals surface area contributed by atoms with Crippen LogP contribution in [0.25, 0.3) is 0 Å². The zero-order valence-electron chi connectivity index (χ0n) is 11.9. The molecule has 0 bridgehead atoms. The number of aromatic nitrogens is 1. The van der Waals surface area contributed by atoms with Gasteiger partial charge >= 0.3 is 0 Å². The smallest absolute Gasteiger partial charge is 0.267 e. The molecule has 2 heterocycles. The summed E-state index contributed by atoms with van der Waals surface area (Å²) in [6.07, 6.45) is 5.81. The lowest BCUT2D eigenvalue weighted by Gasteiger charge is -2.29. The fraction of sp³-hybridized carbons (Fsp3) is 0.714. The number of anilines is 2. The van der Waals surface area contributed by atoms with Crippen LogP contribution in [-0.4, -0.2) is 34.9 Å². The Morgan fingerprint density at radius 3 is 2.65 bits per heavy atom. The first-order chi connectivity index (χ1) is 9.63. The fourth-order valence-corrected chi connectivity index (χ4v) is 3.56. The van der Waals surface area contributed by atoms with Gasteiger partial charge in [0.15, 0.2) is 5.13 Å². The molecule has 0 radical (unpaired) electrons. The van der Waals surface area contributed by atoms with E-state index in [0.29, 0.717) is 22.7 Å². The van der Waals surface area contributed by atoms with Crippen LogP contribution in [0.1, 0.15) is 48.7 Å². The Hall–Kier alpha value is -1.30. The van der Waals surface area contributed by atoms with E-state index < -0.39 is 0 Å². The minimum absolute atomic E-state index is 0.0496. The standard InChI is InChI=1S/C14H22N4OS/c1-9-5-7-18(8-6-9)13(19)11-12(15)17-14(20-11)16-10-3-2-4-10/h9-10H,2-8,15H2,1H3,(H,16,17). The molecule has 1 saturated heterocycles. The van der Waals surface area contributed by atoms with Crippen molar-refractivity contribution in [3.8, 4) is 0 Å². The normalized spacial score (nSPS) is 20.8. The number of nitrogens with one attached hydrogen (secondary N) is 1. The van der Waals surface area contributed by atoms with Gasteiger partial charge in [-0.05, 0) is 38.0 Å². The van der Waals surface area contributed by atoms with Gasteiger partial charge in [-0.1, -0.05) is 18.3 Å². The van der Waals surface area contributed by atoms with Crippen molar-refractivity contribution >= 4 is 28.2 Å². The number of amides is 1. The zero-order chi connectivity index (χ0) is 14.1. The Labute approximate surface area is 123 Å². The third-order valence-electron chi connectivity index (χ3n) is 4.35. The Balaban J connectivity index is 1.67.